The van der Waals surface area contributed by atoms with Crippen molar-refractivity contribution in [3.63, 3.8) is 0 Å². The molecule has 5 nitrogen and oxygen atoms in total. The summed E-state index contributed by atoms with van der Waals surface area (Å²) >= 11 is 0. The van der Waals surface area contributed by atoms with Crippen LogP contribution in [0.1, 0.15) is 37.0 Å². The van der Waals surface area contributed by atoms with Gasteiger partial charge in [0.05, 0.1) is 32.1 Å². The van der Waals surface area contributed by atoms with Crippen LogP contribution in [0, 0.1) is 5.92 Å². The molecule has 0 bridgehead atoms. The molecular formula is C15H23NO4. The molecule has 0 aromatic heterocycles. The Bertz CT molecular complexity index is 459. The molecule has 0 saturated heterocycles. The van der Waals surface area contributed by atoms with Crippen molar-refractivity contribution in [1.82, 2.24) is 0 Å². The number of ether oxygens (including phenoxy) is 3. The van der Waals surface area contributed by atoms with Gasteiger partial charge in [0.2, 0.25) is 0 Å². The topological polar surface area (TPSA) is 70.8 Å². The third-order valence-corrected chi connectivity index (χ3v) is 3.06. The number of benzene rings is 1. The molecule has 1 aromatic carbocycles. The predicted molar refractivity (Wildman–Crippen MR) is 78.3 cm³/mol. The monoisotopic (exact) mass is 281 g/mol. The van der Waals surface area contributed by atoms with Gasteiger partial charge in [-0.05, 0) is 12.3 Å². The SMILES string of the molecule is CCCC(C)COC(=O)c1cc(OC)c(OC)cc1N. The van der Waals surface area contributed by atoms with E-state index in [4.69, 9.17) is 19.9 Å². The molecule has 1 aromatic rings. The minimum absolute atomic E-state index is 0.298. The summed E-state index contributed by atoms with van der Waals surface area (Å²) in [6, 6.07) is 3.10. The first kappa shape index (κ1) is 16.1. The zero-order valence-electron chi connectivity index (χ0n) is 12.6. The number of rotatable bonds is 7. The first-order chi connectivity index (χ1) is 9.53. The Morgan fingerprint density at radius 1 is 1.25 bits per heavy atom. The third kappa shape index (κ3) is 4.05. The molecule has 20 heavy (non-hydrogen) atoms. The molecule has 112 valence electrons. The summed E-state index contributed by atoms with van der Waals surface area (Å²) < 4.78 is 15.6. The van der Waals surface area contributed by atoms with Gasteiger partial charge in [0.25, 0.3) is 0 Å². The fourth-order valence-corrected chi connectivity index (χ4v) is 1.94. The lowest BCUT2D eigenvalue weighted by molar-refractivity contribution is 0.0444. The number of nitrogen functional groups attached to an aromatic ring is 1. The maximum atomic E-state index is 12.0. The Balaban J connectivity index is 2.82. The van der Waals surface area contributed by atoms with Gasteiger partial charge in [-0.25, -0.2) is 4.79 Å². The van der Waals surface area contributed by atoms with E-state index in [1.165, 1.54) is 14.2 Å². The maximum Gasteiger partial charge on any atom is 0.340 e. The second-order valence-corrected chi connectivity index (χ2v) is 4.79. The Morgan fingerprint density at radius 2 is 1.85 bits per heavy atom. The van der Waals surface area contributed by atoms with Crippen molar-refractivity contribution >= 4 is 11.7 Å². The molecule has 2 N–H and O–H groups in total. The van der Waals surface area contributed by atoms with Crippen LogP contribution in [0.25, 0.3) is 0 Å². The molecule has 0 heterocycles. The molecule has 0 spiro atoms. The summed E-state index contributed by atoms with van der Waals surface area (Å²) in [5.74, 6) is 0.841. The summed E-state index contributed by atoms with van der Waals surface area (Å²) in [7, 11) is 3.02. The first-order valence-electron chi connectivity index (χ1n) is 6.72. The summed E-state index contributed by atoms with van der Waals surface area (Å²) in [6.07, 6.45) is 2.09. The highest BCUT2D eigenvalue weighted by Gasteiger charge is 2.17. The van der Waals surface area contributed by atoms with Gasteiger partial charge >= 0.3 is 5.97 Å². The molecule has 1 atom stereocenters. The Morgan fingerprint density at radius 3 is 2.40 bits per heavy atom. The zero-order chi connectivity index (χ0) is 15.1. The van der Waals surface area contributed by atoms with Crippen LogP contribution < -0.4 is 15.2 Å². The van der Waals surface area contributed by atoms with Crippen LogP contribution in [0.5, 0.6) is 11.5 Å². The van der Waals surface area contributed by atoms with Gasteiger partial charge in [0.15, 0.2) is 11.5 Å². The minimum Gasteiger partial charge on any atom is -0.493 e. The van der Waals surface area contributed by atoms with Crippen LogP contribution in [0.15, 0.2) is 12.1 Å². The summed E-state index contributed by atoms with van der Waals surface area (Å²) in [5.41, 5.74) is 6.46. The van der Waals surface area contributed by atoms with E-state index in [-0.39, 0.29) is 0 Å². The van der Waals surface area contributed by atoms with Gasteiger partial charge in [-0.1, -0.05) is 20.3 Å². The number of hydrogen-bond donors (Lipinski definition) is 1. The number of nitrogens with two attached hydrogens (primary N) is 1. The lowest BCUT2D eigenvalue weighted by atomic mass is 10.1. The summed E-state index contributed by atoms with van der Waals surface area (Å²) in [5, 5.41) is 0. The molecule has 0 saturated carbocycles. The number of anilines is 1. The summed E-state index contributed by atoms with van der Waals surface area (Å²) in [6.45, 7) is 4.54. The number of methoxy groups -OCH3 is 2. The smallest absolute Gasteiger partial charge is 0.340 e. The molecule has 1 rings (SSSR count). The van der Waals surface area contributed by atoms with Crippen molar-refractivity contribution < 1.29 is 19.0 Å². The standard InChI is InChI=1S/C15H23NO4/c1-5-6-10(2)9-20-15(17)11-7-13(18-3)14(19-4)8-12(11)16/h7-8,10H,5-6,9,16H2,1-4H3. The van der Waals surface area contributed by atoms with Crippen LogP contribution >= 0.6 is 0 Å². The second-order valence-electron chi connectivity index (χ2n) is 4.79. The van der Waals surface area contributed by atoms with Crippen molar-refractivity contribution in [3.05, 3.63) is 17.7 Å². The zero-order valence-corrected chi connectivity index (χ0v) is 12.6. The van der Waals surface area contributed by atoms with E-state index in [9.17, 15) is 4.79 Å². The van der Waals surface area contributed by atoms with E-state index < -0.39 is 5.97 Å². The molecule has 5 heteroatoms. The molecule has 0 amide bonds. The number of carbonyl (C=O) groups excluding carboxylic acids is 1. The molecule has 1 unspecified atom stereocenters. The van der Waals surface area contributed by atoms with Gasteiger partial charge in [0.1, 0.15) is 0 Å². The van der Waals surface area contributed by atoms with Gasteiger partial charge in [-0.2, -0.15) is 0 Å². The fourth-order valence-electron chi connectivity index (χ4n) is 1.94. The van der Waals surface area contributed by atoms with Crippen molar-refractivity contribution in [2.45, 2.75) is 26.7 Å². The maximum absolute atomic E-state index is 12.0. The van der Waals surface area contributed by atoms with Crippen molar-refractivity contribution in [1.29, 1.82) is 0 Å². The van der Waals surface area contributed by atoms with E-state index in [1.54, 1.807) is 12.1 Å². The highest BCUT2D eigenvalue weighted by atomic mass is 16.5. The molecule has 0 aliphatic heterocycles. The van der Waals surface area contributed by atoms with E-state index in [1.807, 2.05) is 0 Å². The normalized spacial score (nSPS) is 11.8. The van der Waals surface area contributed by atoms with E-state index in [0.717, 1.165) is 12.8 Å². The Hall–Kier alpha value is -1.91. The van der Waals surface area contributed by atoms with Gasteiger partial charge in [-0.15, -0.1) is 0 Å². The summed E-state index contributed by atoms with van der Waals surface area (Å²) in [4.78, 5) is 12.0. The van der Waals surface area contributed by atoms with Crippen LogP contribution in [0.4, 0.5) is 5.69 Å². The third-order valence-electron chi connectivity index (χ3n) is 3.06. The van der Waals surface area contributed by atoms with Gasteiger partial charge in [-0.3, -0.25) is 0 Å². The molecule has 0 aliphatic rings. The quantitative estimate of drug-likeness (QED) is 0.614. The average molecular weight is 281 g/mol. The van der Waals surface area contributed by atoms with E-state index in [2.05, 4.69) is 13.8 Å². The molecular weight excluding hydrogens is 258 g/mol. The van der Waals surface area contributed by atoms with Crippen LogP contribution in [0.3, 0.4) is 0 Å². The van der Waals surface area contributed by atoms with Crippen molar-refractivity contribution in [2.24, 2.45) is 5.92 Å². The first-order valence-corrected chi connectivity index (χ1v) is 6.72. The van der Waals surface area contributed by atoms with E-state index >= 15 is 0 Å². The predicted octanol–water partition coefficient (Wildman–Crippen LogP) is 2.88. The minimum atomic E-state index is -0.439. The van der Waals surface area contributed by atoms with Crippen molar-refractivity contribution in [3.8, 4) is 11.5 Å². The molecule has 0 radical (unpaired) electrons. The van der Waals surface area contributed by atoms with Crippen molar-refractivity contribution in [2.75, 3.05) is 26.6 Å². The van der Waals surface area contributed by atoms with Crippen LogP contribution in [-0.4, -0.2) is 26.8 Å². The van der Waals surface area contributed by atoms with Gasteiger partial charge < -0.3 is 19.9 Å². The number of esters is 1. The highest BCUT2D eigenvalue weighted by Crippen LogP contribution is 2.32. The Kier molecular flexibility index (Phi) is 6.15. The Labute approximate surface area is 120 Å². The lowest BCUT2D eigenvalue weighted by Gasteiger charge is -2.14. The highest BCUT2D eigenvalue weighted by molar-refractivity contribution is 5.96. The molecule has 0 aliphatic carbocycles. The lowest BCUT2D eigenvalue weighted by Crippen LogP contribution is -2.14. The number of hydrogen-bond acceptors (Lipinski definition) is 5. The van der Waals surface area contributed by atoms with Gasteiger partial charge in [0, 0.05) is 12.1 Å². The number of carbonyl (C=O) groups is 1. The van der Waals surface area contributed by atoms with E-state index in [0.29, 0.717) is 35.3 Å². The fraction of sp³-hybridized carbons (Fsp3) is 0.533. The average Bonchev–Trinajstić information content (AvgIpc) is 2.44. The largest absolute Gasteiger partial charge is 0.493 e. The van der Waals surface area contributed by atoms with Crippen LogP contribution in [0.2, 0.25) is 0 Å². The van der Waals surface area contributed by atoms with Crippen LogP contribution in [-0.2, 0) is 4.74 Å². The molecule has 0 fully saturated rings. The second kappa shape index (κ2) is 7.62.